The largest absolute Gasteiger partial charge is 0.306 e. The van der Waals surface area contributed by atoms with Gasteiger partial charge in [-0.1, -0.05) is 23.2 Å². The van der Waals surface area contributed by atoms with E-state index in [1.165, 1.54) is 30.9 Å². The monoisotopic (exact) mass is 268 g/mol. The number of halogens is 2. The molecule has 2 aromatic heterocycles. The molecule has 1 amide bonds. The fraction of sp³-hybridized carbons (Fsp3) is 0. The molecule has 17 heavy (non-hydrogen) atoms. The molecule has 1 N–H and O–H groups in total. The van der Waals surface area contributed by atoms with Gasteiger partial charge in [0.2, 0.25) is 0 Å². The van der Waals surface area contributed by atoms with Crippen LogP contribution in [0, 0.1) is 0 Å². The first-order valence-corrected chi connectivity index (χ1v) is 5.31. The molecule has 0 unspecified atom stereocenters. The third-order valence-corrected chi connectivity index (χ3v) is 2.40. The van der Waals surface area contributed by atoms with Gasteiger partial charge in [0.05, 0.1) is 10.6 Å². The van der Waals surface area contributed by atoms with Crippen LogP contribution in [0.5, 0.6) is 0 Å². The average Bonchev–Trinajstić information content (AvgIpc) is 2.29. The molecule has 2 heterocycles. The maximum absolute atomic E-state index is 11.8. The van der Waals surface area contributed by atoms with Gasteiger partial charge in [0.1, 0.15) is 17.3 Å². The zero-order valence-electron chi connectivity index (χ0n) is 8.39. The number of pyridine rings is 1. The fourth-order valence-corrected chi connectivity index (χ4v) is 1.50. The number of carbonyl (C=O) groups excluding carboxylic acids is 1. The molecule has 86 valence electrons. The smallest absolute Gasteiger partial charge is 0.258 e. The molecule has 2 aromatic rings. The molecule has 0 saturated carbocycles. The van der Waals surface area contributed by atoms with E-state index in [4.69, 9.17) is 23.2 Å². The predicted molar refractivity (Wildman–Crippen MR) is 64.2 cm³/mol. The highest BCUT2D eigenvalue weighted by Crippen LogP contribution is 2.15. The Bertz CT molecular complexity index is 562. The first kappa shape index (κ1) is 11.8. The van der Waals surface area contributed by atoms with Gasteiger partial charge >= 0.3 is 0 Å². The van der Waals surface area contributed by atoms with Gasteiger partial charge in [-0.3, -0.25) is 9.78 Å². The second kappa shape index (κ2) is 5.07. The number of hydrogen-bond acceptors (Lipinski definition) is 4. The molecule has 0 aliphatic carbocycles. The maximum atomic E-state index is 11.8. The van der Waals surface area contributed by atoms with E-state index in [0.717, 1.165) is 0 Å². The summed E-state index contributed by atoms with van der Waals surface area (Å²) in [4.78, 5) is 23.2. The summed E-state index contributed by atoms with van der Waals surface area (Å²) in [6, 6.07) is 2.95. The highest BCUT2D eigenvalue weighted by molar-refractivity contribution is 6.34. The molecule has 0 saturated heterocycles. The summed E-state index contributed by atoms with van der Waals surface area (Å²) in [5, 5.41) is 3.07. The Hall–Kier alpha value is -1.72. The van der Waals surface area contributed by atoms with Crippen LogP contribution in [0.1, 0.15) is 10.4 Å². The van der Waals surface area contributed by atoms with Crippen LogP contribution in [-0.2, 0) is 0 Å². The number of hydrogen-bond donors (Lipinski definition) is 1. The van der Waals surface area contributed by atoms with Crippen molar-refractivity contribution in [2.24, 2.45) is 0 Å². The second-order valence-corrected chi connectivity index (χ2v) is 3.83. The Morgan fingerprint density at radius 1 is 1.29 bits per heavy atom. The Morgan fingerprint density at radius 2 is 2.12 bits per heavy atom. The van der Waals surface area contributed by atoms with Crippen LogP contribution in [0.2, 0.25) is 10.2 Å². The summed E-state index contributed by atoms with van der Waals surface area (Å²) in [6.45, 7) is 0. The molecule has 0 radical (unpaired) electrons. The lowest BCUT2D eigenvalue weighted by molar-refractivity contribution is 0.102. The molecule has 0 aromatic carbocycles. The Morgan fingerprint density at radius 3 is 2.82 bits per heavy atom. The van der Waals surface area contributed by atoms with Crippen LogP contribution in [-0.4, -0.2) is 20.9 Å². The first-order chi connectivity index (χ1) is 8.16. The Labute approximate surface area is 107 Å². The number of nitrogens with zero attached hydrogens (tertiary/aromatic N) is 3. The number of rotatable bonds is 2. The summed E-state index contributed by atoms with van der Waals surface area (Å²) < 4.78 is 0. The zero-order valence-corrected chi connectivity index (χ0v) is 9.90. The van der Waals surface area contributed by atoms with E-state index in [2.05, 4.69) is 20.3 Å². The molecule has 7 heteroatoms. The number of amides is 1. The van der Waals surface area contributed by atoms with Gasteiger partial charge in [-0.15, -0.1) is 0 Å². The van der Waals surface area contributed by atoms with Crippen molar-refractivity contribution in [2.75, 3.05) is 5.32 Å². The fourth-order valence-electron chi connectivity index (χ4n) is 1.14. The summed E-state index contributed by atoms with van der Waals surface area (Å²) in [7, 11) is 0. The maximum Gasteiger partial charge on any atom is 0.258 e. The minimum absolute atomic E-state index is 0.246. The molecule has 0 spiro atoms. The number of nitrogens with one attached hydrogen (secondary N) is 1. The van der Waals surface area contributed by atoms with Crippen molar-refractivity contribution in [3.63, 3.8) is 0 Å². The summed E-state index contributed by atoms with van der Waals surface area (Å²) in [5.41, 5.74) is 0.316. The van der Waals surface area contributed by atoms with Crippen LogP contribution in [0.4, 0.5) is 5.82 Å². The SMILES string of the molecule is O=C(Nc1cc(Cl)ncn1)c1ccncc1Cl. The Kier molecular flexibility index (Phi) is 3.51. The average molecular weight is 269 g/mol. The van der Waals surface area contributed by atoms with E-state index in [0.29, 0.717) is 11.4 Å². The molecule has 5 nitrogen and oxygen atoms in total. The normalized spacial score (nSPS) is 10.0. The van der Waals surface area contributed by atoms with E-state index in [1.54, 1.807) is 0 Å². The van der Waals surface area contributed by atoms with Gasteiger partial charge in [0, 0.05) is 18.5 Å². The van der Waals surface area contributed by atoms with Gasteiger partial charge < -0.3 is 5.32 Å². The van der Waals surface area contributed by atoms with Crippen LogP contribution >= 0.6 is 23.2 Å². The lowest BCUT2D eigenvalue weighted by Gasteiger charge is -2.05. The van der Waals surface area contributed by atoms with E-state index >= 15 is 0 Å². The van der Waals surface area contributed by atoms with Crippen LogP contribution in [0.3, 0.4) is 0 Å². The molecule has 0 atom stereocenters. The van der Waals surface area contributed by atoms with Crippen LogP contribution in [0.15, 0.2) is 30.9 Å². The summed E-state index contributed by atoms with van der Waals surface area (Å²) in [5.74, 6) is -0.0740. The van der Waals surface area contributed by atoms with Crippen molar-refractivity contribution in [1.29, 1.82) is 0 Å². The van der Waals surface area contributed by atoms with Crippen molar-refractivity contribution in [1.82, 2.24) is 15.0 Å². The molecule has 0 aliphatic heterocycles. The van der Waals surface area contributed by atoms with Crippen molar-refractivity contribution in [2.45, 2.75) is 0 Å². The third-order valence-electron chi connectivity index (χ3n) is 1.89. The second-order valence-electron chi connectivity index (χ2n) is 3.04. The van der Waals surface area contributed by atoms with E-state index in [-0.39, 0.29) is 16.1 Å². The van der Waals surface area contributed by atoms with E-state index in [9.17, 15) is 4.79 Å². The minimum Gasteiger partial charge on any atom is -0.306 e. The standard InChI is InChI=1S/C10H6Cl2N4O/c11-7-4-13-2-1-6(7)10(17)16-9-3-8(12)14-5-15-9/h1-5H,(H,14,15,16,17). The zero-order chi connectivity index (χ0) is 12.3. The predicted octanol–water partition coefficient (Wildman–Crippen LogP) is 2.43. The molecule has 2 rings (SSSR count). The lowest BCUT2D eigenvalue weighted by Crippen LogP contribution is -2.13. The highest BCUT2D eigenvalue weighted by atomic mass is 35.5. The topological polar surface area (TPSA) is 67.8 Å². The summed E-state index contributed by atoms with van der Waals surface area (Å²) in [6.07, 6.45) is 4.13. The van der Waals surface area contributed by atoms with Crippen LogP contribution in [0.25, 0.3) is 0 Å². The van der Waals surface area contributed by atoms with Gasteiger partial charge in [0.15, 0.2) is 0 Å². The highest BCUT2D eigenvalue weighted by Gasteiger charge is 2.10. The van der Waals surface area contributed by atoms with Gasteiger partial charge in [-0.2, -0.15) is 0 Å². The van der Waals surface area contributed by atoms with E-state index in [1.807, 2.05) is 0 Å². The van der Waals surface area contributed by atoms with E-state index < -0.39 is 0 Å². The molecular formula is C10H6Cl2N4O. The third kappa shape index (κ3) is 2.89. The lowest BCUT2D eigenvalue weighted by atomic mass is 10.2. The molecular weight excluding hydrogens is 263 g/mol. The van der Waals surface area contributed by atoms with Crippen molar-refractivity contribution in [3.05, 3.63) is 46.6 Å². The number of carbonyl (C=O) groups is 1. The number of anilines is 1. The molecule has 0 fully saturated rings. The van der Waals surface area contributed by atoms with Crippen molar-refractivity contribution in [3.8, 4) is 0 Å². The summed E-state index contributed by atoms with van der Waals surface area (Å²) >= 11 is 11.5. The number of aromatic nitrogens is 3. The van der Waals surface area contributed by atoms with Gasteiger partial charge in [-0.25, -0.2) is 9.97 Å². The minimum atomic E-state index is -0.382. The first-order valence-electron chi connectivity index (χ1n) is 4.55. The van der Waals surface area contributed by atoms with Crippen molar-refractivity contribution < 1.29 is 4.79 Å². The molecule has 0 aliphatic rings. The molecule has 0 bridgehead atoms. The quantitative estimate of drug-likeness (QED) is 0.850. The van der Waals surface area contributed by atoms with Crippen LogP contribution < -0.4 is 5.32 Å². The van der Waals surface area contributed by atoms with Gasteiger partial charge in [-0.05, 0) is 6.07 Å². The Balaban J connectivity index is 2.20. The van der Waals surface area contributed by atoms with Gasteiger partial charge in [0.25, 0.3) is 5.91 Å². The van der Waals surface area contributed by atoms with Crippen molar-refractivity contribution >= 4 is 34.9 Å².